The fourth-order valence-corrected chi connectivity index (χ4v) is 5.21. The van der Waals surface area contributed by atoms with Gasteiger partial charge in [0.2, 0.25) is 5.91 Å². The molecule has 6 nitrogen and oxygen atoms in total. The van der Waals surface area contributed by atoms with Crippen molar-refractivity contribution in [2.75, 3.05) is 26.2 Å². The molecule has 8 heteroatoms. The minimum Gasteiger partial charge on any atom is -0.355 e. The number of rotatable bonds is 8. The van der Waals surface area contributed by atoms with E-state index in [0.29, 0.717) is 31.1 Å². The second kappa shape index (κ2) is 10.2. The highest BCUT2D eigenvalue weighted by Crippen LogP contribution is 2.20. The summed E-state index contributed by atoms with van der Waals surface area (Å²) in [6.45, 7) is 1.40. The van der Waals surface area contributed by atoms with Crippen molar-refractivity contribution in [3.05, 3.63) is 70.7 Å². The summed E-state index contributed by atoms with van der Waals surface area (Å²) < 4.78 is 28.4. The van der Waals surface area contributed by atoms with Crippen LogP contribution >= 0.6 is 11.6 Å². The van der Waals surface area contributed by atoms with E-state index in [9.17, 15) is 13.2 Å². The Morgan fingerprint density at radius 1 is 1.00 bits per heavy atom. The van der Waals surface area contributed by atoms with Gasteiger partial charge in [-0.05, 0) is 42.5 Å². The highest BCUT2D eigenvalue weighted by Gasteiger charge is 2.34. The van der Waals surface area contributed by atoms with Gasteiger partial charge in [0.1, 0.15) is 0 Å². The Morgan fingerprint density at radius 3 is 2.48 bits per heavy atom. The van der Waals surface area contributed by atoms with Gasteiger partial charge < -0.3 is 5.32 Å². The maximum Gasteiger partial charge on any atom is 0.282 e. The SMILES string of the molecule is O=C(CN1CCCN(Cc2cccc(Cl)c2)S1(=O)=O)NCCCc1ccccc1. The summed E-state index contributed by atoms with van der Waals surface area (Å²) >= 11 is 6.00. The molecule has 3 rings (SSSR count). The number of aryl methyl sites for hydroxylation is 1. The van der Waals surface area contributed by atoms with Gasteiger partial charge in [-0.2, -0.15) is 17.0 Å². The lowest BCUT2D eigenvalue weighted by atomic mass is 10.1. The third kappa shape index (κ3) is 6.27. The molecule has 2 aromatic rings. The third-order valence-electron chi connectivity index (χ3n) is 4.84. The first-order valence-corrected chi connectivity index (χ1v) is 11.5. The topological polar surface area (TPSA) is 69.7 Å². The molecule has 0 spiro atoms. The summed E-state index contributed by atoms with van der Waals surface area (Å²) in [7, 11) is -3.68. The van der Waals surface area contributed by atoms with Gasteiger partial charge in [-0.1, -0.05) is 54.1 Å². The van der Waals surface area contributed by atoms with Crippen molar-refractivity contribution in [1.82, 2.24) is 13.9 Å². The minimum absolute atomic E-state index is 0.153. The molecular weight excluding hydrogens is 410 g/mol. The molecule has 2 aromatic carbocycles. The van der Waals surface area contributed by atoms with E-state index in [4.69, 9.17) is 11.6 Å². The van der Waals surface area contributed by atoms with E-state index in [1.807, 2.05) is 24.3 Å². The van der Waals surface area contributed by atoms with E-state index in [1.165, 1.54) is 14.2 Å². The van der Waals surface area contributed by atoms with E-state index in [-0.39, 0.29) is 19.0 Å². The lowest BCUT2D eigenvalue weighted by molar-refractivity contribution is -0.121. The molecule has 0 atom stereocenters. The van der Waals surface area contributed by atoms with Crippen LogP contribution in [0, 0.1) is 0 Å². The van der Waals surface area contributed by atoms with E-state index in [0.717, 1.165) is 18.4 Å². The van der Waals surface area contributed by atoms with Crippen LogP contribution in [0.2, 0.25) is 5.02 Å². The van der Waals surface area contributed by atoms with E-state index in [2.05, 4.69) is 17.4 Å². The van der Waals surface area contributed by atoms with Crippen LogP contribution in [0.5, 0.6) is 0 Å². The lowest BCUT2D eigenvalue weighted by Crippen LogP contribution is -2.52. The van der Waals surface area contributed by atoms with Crippen LogP contribution in [0.3, 0.4) is 0 Å². The second-order valence-corrected chi connectivity index (χ2v) is 9.46. The first-order chi connectivity index (χ1) is 13.9. The highest BCUT2D eigenvalue weighted by atomic mass is 35.5. The minimum atomic E-state index is -3.68. The molecule has 1 fully saturated rings. The van der Waals surface area contributed by atoms with Crippen LogP contribution in [0.4, 0.5) is 0 Å². The van der Waals surface area contributed by atoms with Gasteiger partial charge in [0.25, 0.3) is 10.2 Å². The Morgan fingerprint density at radius 2 is 1.72 bits per heavy atom. The summed E-state index contributed by atoms with van der Waals surface area (Å²) in [5.41, 5.74) is 2.05. The molecule has 0 unspecified atom stereocenters. The van der Waals surface area contributed by atoms with Gasteiger partial charge >= 0.3 is 0 Å². The summed E-state index contributed by atoms with van der Waals surface area (Å²) in [5.74, 6) is -0.272. The van der Waals surface area contributed by atoms with Crippen molar-refractivity contribution in [3.8, 4) is 0 Å². The third-order valence-corrected chi connectivity index (χ3v) is 7.01. The zero-order valence-electron chi connectivity index (χ0n) is 16.3. The molecule has 0 aliphatic carbocycles. The number of hydrogen-bond acceptors (Lipinski definition) is 3. The molecule has 156 valence electrons. The monoisotopic (exact) mass is 435 g/mol. The van der Waals surface area contributed by atoms with Gasteiger partial charge in [0, 0.05) is 31.2 Å². The molecule has 1 saturated heterocycles. The van der Waals surface area contributed by atoms with Gasteiger partial charge in [-0.25, -0.2) is 0 Å². The predicted molar refractivity (Wildman–Crippen MR) is 115 cm³/mol. The van der Waals surface area contributed by atoms with Crippen molar-refractivity contribution in [2.24, 2.45) is 0 Å². The van der Waals surface area contributed by atoms with Crippen molar-refractivity contribution in [2.45, 2.75) is 25.8 Å². The van der Waals surface area contributed by atoms with Crippen LogP contribution in [0.1, 0.15) is 24.0 Å². The van der Waals surface area contributed by atoms with Gasteiger partial charge in [-0.3, -0.25) is 4.79 Å². The number of halogens is 1. The number of carbonyl (C=O) groups excluding carboxylic acids is 1. The molecule has 0 radical (unpaired) electrons. The smallest absolute Gasteiger partial charge is 0.282 e. The molecular formula is C21H26ClN3O3S. The number of carbonyl (C=O) groups is 1. The Hall–Kier alpha value is -1.93. The lowest BCUT2D eigenvalue weighted by Gasteiger charge is -2.34. The Labute approximate surface area is 177 Å². The molecule has 1 amide bonds. The predicted octanol–water partition coefficient (Wildman–Crippen LogP) is 2.84. The van der Waals surface area contributed by atoms with Crippen LogP contribution in [0.15, 0.2) is 54.6 Å². The van der Waals surface area contributed by atoms with Gasteiger partial charge in [0.15, 0.2) is 0 Å². The van der Waals surface area contributed by atoms with Crippen LogP contribution in [-0.4, -0.2) is 49.1 Å². The van der Waals surface area contributed by atoms with Crippen molar-refractivity contribution in [1.29, 1.82) is 0 Å². The van der Waals surface area contributed by atoms with Crippen molar-refractivity contribution >= 4 is 27.7 Å². The molecule has 29 heavy (non-hydrogen) atoms. The Bertz CT molecular complexity index is 922. The average molecular weight is 436 g/mol. The Kier molecular flexibility index (Phi) is 7.66. The number of nitrogens with zero attached hydrogens (tertiary/aromatic N) is 2. The quantitative estimate of drug-likeness (QED) is 0.648. The highest BCUT2D eigenvalue weighted by molar-refractivity contribution is 7.86. The summed E-state index contributed by atoms with van der Waals surface area (Å²) in [6, 6.07) is 17.2. The van der Waals surface area contributed by atoms with Crippen LogP contribution < -0.4 is 5.32 Å². The first-order valence-electron chi connectivity index (χ1n) is 9.75. The van der Waals surface area contributed by atoms with Crippen molar-refractivity contribution in [3.63, 3.8) is 0 Å². The number of benzene rings is 2. The fraction of sp³-hybridized carbons (Fsp3) is 0.381. The summed E-state index contributed by atoms with van der Waals surface area (Å²) in [6.07, 6.45) is 2.36. The summed E-state index contributed by atoms with van der Waals surface area (Å²) in [4.78, 5) is 12.3. The molecule has 1 heterocycles. The van der Waals surface area contributed by atoms with Crippen LogP contribution in [-0.2, 0) is 28.0 Å². The molecule has 1 N–H and O–H groups in total. The van der Waals surface area contributed by atoms with E-state index >= 15 is 0 Å². The number of hydrogen-bond donors (Lipinski definition) is 1. The van der Waals surface area contributed by atoms with E-state index in [1.54, 1.807) is 18.2 Å². The maximum absolute atomic E-state index is 12.9. The average Bonchev–Trinajstić information content (AvgIpc) is 2.69. The molecule has 0 bridgehead atoms. The number of amides is 1. The fourth-order valence-electron chi connectivity index (χ4n) is 3.36. The van der Waals surface area contributed by atoms with E-state index < -0.39 is 10.2 Å². The largest absolute Gasteiger partial charge is 0.355 e. The van der Waals surface area contributed by atoms with Crippen molar-refractivity contribution < 1.29 is 13.2 Å². The normalized spacial score (nSPS) is 17.1. The summed E-state index contributed by atoms with van der Waals surface area (Å²) in [5, 5.41) is 3.40. The Balaban J connectivity index is 1.49. The zero-order valence-corrected chi connectivity index (χ0v) is 17.8. The first kappa shape index (κ1) is 21.8. The molecule has 0 saturated carbocycles. The molecule has 0 aromatic heterocycles. The molecule has 1 aliphatic rings. The van der Waals surface area contributed by atoms with Gasteiger partial charge in [0.05, 0.1) is 6.54 Å². The zero-order chi connectivity index (χ0) is 20.7. The molecule has 1 aliphatic heterocycles. The second-order valence-electron chi connectivity index (χ2n) is 7.10. The standard InChI is InChI=1S/C21H26ClN3O3S/c22-20-11-4-9-19(15-20)16-24-13-6-14-25(29(24,27)28)17-21(26)23-12-5-10-18-7-2-1-3-8-18/h1-4,7-9,11,15H,5-6,10,12-14,16-17H2,(H,23,26). The van der Waals surface area contributed by atoms with Gasteiger partial charge in [-0.15, -0.1) is 0 Å². The number of nitrogens with one attached hydrogen (secondary N) is 1. The maximum atomic E-state index is 12.9. The van der Waals surface area contributed by atoms with Crippen LogP contribution in [0.25, 0.3) is 0 Å².